The van der Waals surface area contributed by atoms with Gasteiger partial charge in [-0.3, -0.25) is 10.1 Å². The number of alkyl halides is 2. The summed E-state index contributed by atoms with van der Waals surface area (Å²) in [6.07, 6.45) is 2.61. The molecular weight excluding hydrogens is 626 g/mol. The van der Waals surface area contributed by atoms with E-state index in [1.807, 2.05) is 35.2 Å². The van der Waals surface area contributed by atoms with E-state index in [1.54, 1.807) is 0 Å². The molecule has 10 nitrogen and oxygen atoms in total. The second kappa shape index (κ2) is 15.1. The average molecular weight is 677 g/mol. The molecule has 0 aromatic heterocycles. The van der Waals surface area contributed by atoms with Crippen molar-refractivity contribution < 1.29 is 26.7 Å². The number of carbonyl (C=O) groups is 1. The number of hydrogen-bond acceptors (Lipinski definition) is 8. The molecule has 47 heavy (non-hydrogen) atoms. The molecule has 4 aliphatic rings. The molecule has 1 saturated carbocycles. The van der Waals surface area contributed by atoms with Crippen molar-refractivity contribution in [2.75, 3.05) is 46.9 Å². The summed E-state index contributed by atoms with van der Waals surface area (Å²) in [6, 6.07) is 7.22. The summed E-state index contributed by atoms with van der Waals surface area (Å²) in [5.41, 5.74) is 10.3. The molecule has 7 atom stereocenters. The molecule has 5 rings (SSSR count). The smallest absolute Gasteiger partial charge is 0.253 e. The topological polar surface area (TPSA) is 129 Å². The summed E-state index contributed by atoms with van der Waals surface area (Å²) in [6.45, 7) is 6.17. The number of benzene rings is 1. The van der Waals surface area contributed by atoms with Gasteiger partial charge in [0.15, 0.2) is 0 Å². The van der Waals surface area contributed by atoms with Gasteiger partial charge < -0.3 is 25.6 Å². The Balaban J connectivity index is 1.27. The number of allylic oxidation sites excluding steroid dienone is 3. The van der Waals surface area contributed by atoms with Crippen LogP contribution < -0.4 is 21.1 Å². The van der Waals surface area contributed by atoms with E-state index in [0.29, 0.717) is 23.8 Å². The number of piperazine rings is 1. The lowest BCUT2D eigenvalue weighted by Crippen LogP contribution is -2.54. The monoisotopic (exact) mass is 676 g/mol. The average Bonchev–Trinajstić information content (AvgIpc) is 3.04. The number of ether oxygens (including phenoxy) is 1. The van der Waals surface area contributed by atoms with Gasteiger partial charge in [-0.15, -0.1) is 0 Å². The lowest BCUT2D eigenvalue weighted by molar-refractivity contribution is 0.0558. The summed E-state index contributed by atoms with van der Waals surface area (Å²) in [5.74, 6) is 1.24. The first-order valence-corrected chi connectivity index (χ1v) is 18.1. The normalized spacial score (nSPS) is 29.1. The number of halogens is 2. The molecule has 0 radical (unpaired) electrons. The minimum Gasteiger partial charge on any atom is -0.385 e. The molecule has 3 aliphatic heterocycles. The Bertz CT molecular complexity index is 1470. The molecule has 13 heteroatoms. The maximum atomic E-state index is 14.4. The van der Waals surface area contributed by atoms with Crippen molar-refractivity contribution in [3.8, 4) is 0 Å². The van der Waals surface area contributed by atoms with Crippen LogP contribution in [0.3, 0.4) is 0 Å². The summed E-state index contributed by atoms with van der Waals surface area (Å²) in [7, 11) is -0.691. The predicted molar refractivity (Wildman–Crippen MR) is 180 cm³/mol. The fourth-order valence-electron chi connectivity index (χ4n) is 7.30. The molecule has 3 heterocycles. The van der Waals surface area contributed by atoms with Gasteiger partial charge in [-0.05, 0) is 88.1 Å². The number of methoxy groups -OCH3 is 1. The number of nitrogens with zero attached hydrogens (tertiary/aromatic N) is 2. The Hall–Kier alpha value is -2.84. The van der Waals surface area contributed by atoms with Crippen LogP contribution in [0.4, 0.5) is 8.78 Å². The molecule has 7 unspecified atom stereocenters. The van der Waals surface area contributed by atoms with Crippen LogP contribution in [0.1, 0.15) is 61.9 Å². The number of sulfonamides is 1. The Morgan fingerprint density at radius 1 is 1.15 bits per heavy atom. The largest absolute Gasteiger partial charge is 0.385 e. The Morgan fingerprint density at radius 2 is 1.85 bits per heavy atom. The predicted octanol–water partition coefficient (Wildman–Crippen LogP) is 3.26. The summed E-state index contributed by atoms with van der Waals surface area (Å²) >= 11 is 0. The minimum absolute atomic E-state index is 0.0510. The van der Waals surface area contributed by atoms with Gasteiger partial charge in [0.1, 0.15) is 24.4 Å². The van der Waals surface area contributed by atoms with Crippen molar-refractivity contribution in [1.29, 1.82) is 0 Å². The van der Waals surface area contributed by atoms with Crippen LogP contribution in [0.25, 0.3) is 5.57 Å². The first-order chi connectivity index (χ1) is 22.4. The number of amides is 1. The molecule has 260 valence electrons. The number of likely N-dealkylation sites (N-methyl/N-ethyl adjacent to an activating group) is 1. The quantitative estimate of drug-likeness (QED) is 0.278. The van der Waals surface area contributed by atoms with Crippen molar-refractivity contribution >= 4 is 21.5 Å². The summed E-state index contributed by atoms with van der Waals surface area (Å²) in [4.78, 5) is 16.7. The number of carbonyl (C=O) groups excluding carboxylic acids is 1. The first-order valence-electron chi connectivity index (χ1n) is 16.7. The van der Waals surface area contributed by atoms with E-state index in [1.165, 1.54) is 14.0 Å². The van der Waals surface area contributed by atoms with Crippen LogP contribution in [0.15, 0.2) is 52.7 Å². The molecule has 5 N–H and O–H groups in total. The van der Waals surface area contributed by atoms with Crippen molar-refractivity contribution in [3.05, 3.63) is 63.8 Å². The zero-order valence-corrected chi connectivity index (χ0v) is 28.7. The lowest BCUT2D eigenvalue weighted by atomic mass is 9.70. The maximum Gasteiger partial charge on any atom is 0.253 e. The van der Waals surface area contributed by atoms with E-state index in [2.05, 4.69) is 27.3 Å². The third kappa shape index (κ3) is 8.43. The van der Waals surface area contributed by atoms with Gasteiger partial charge in [-0.2, -0.15) is 0 Å². The van der Waals surface area contributed by atoms with Gasteiger partial charge in [0.2, 0.25) is 10.0 Å². The van der Waals surface area contributed by atoms with Crippen LogP contribution in [-0.2, 0) is 14.8 Å². The van der Waals surface area contributed by atoms with E-state index in [4.69, 9.17) is 10.5 Å². The molecule has 1 aromatic rings. The molecule has 1 aliphatic carbocycles. The van der Waals surface area contributed by atoms with Crippen LogP contribution in [0.2, 0.25) is 0 Å². The van der Waals surface area contributed by atoms with E-state index in [0.717, 1.165) is 81.6 Å². The number of nitrogens with two attached hydrogens (primary N) is 1. The van der Waals surface area contributed by atoms with Crippen LogP contribution in [0.5, 0.6) is 0 Å². The molecular formula is C34H50F2N6O4S. The lowest BCUT2D eigenvalue weighted by Gasteiger charge is -2.43. The maximum absolute atomic E-state index is 14.4. The van der Waals surface area contributed by atoms with Gasteiger partial charge in [0.25, 0.3) is 5.91 Å². The Kier molecular flexibility index (Phi) is 11.4. The van der Waals surface area contributed by atoms with Gasteiger partial charge in [-0.25, -0.2) is 21.9 Å². The first kappa shape index (κ1) is 35.5. The Morgan fingerprint density at radius 3 is 2.49 bits per heavy atom. The highest BCUT2D eigenvalue weighted by Crippen LogP contribution is 2.42. The van der Waals surface area contributed by atoms with Gasteiger partial charge in [0, 0.05) is 51.4 Å². The summed E-state index contributed by atoms with van der Waals surface area (Å²) in [5, 5.41) is 6.84. The highest BCUT2D eigenvalue weighted by molar-refractivity contribution is 7.93. The fourth-order valence-corrected chi connectivity index (χ4v) is 8.72. The highest BCUT2D eigenvalue weighted by Gasteiger charge is 2.39. The highest BCUT2D eigenvalue weighted by atomic mass is 32.2. The van der Waals surface area contributed by atoms with Crippen LogP contribution in [-0.4, -0.2) is 102 Å². The number of nitrogens with one attached hydrogen (secondary N) is 3. The van der Waals surface area contributed by atoms with Crippen molar-refractivity contribution in [1.82, 2.24) is 25.2 Å². The molecule has 1 saturated heterocycles. The van der Waals surface area contributed by atoms with E-state index >= 15 is 0 Å². The number of rotatable bonds is 10. The van der Waals surface area contributed by atoms with E-state index < -0.39 is 39.5 Å². The fraction of sp³-hybridized carbons (Fsp3) is 0.618. The van der Waals surface area contributed by atoms with Crippen molar-refractivity contribution in [2.24, 2.45) is 17.6 Å². The number of hydrogen-bond donors (Lipinski definition) is 4. The number of fused-ring (bicyclic) bond motifs is 1. The standard InChI is InChI=1S/C34H50F2N6O4S/c1-21(35)5-12-31(22(2)36)47(44,45)40-30-19-27(20-38-33(30)46-4)25-10-11-29-26(17-25)18-28(32(37)39-29)23-6-8-24(9-7-23)34(43)42-15-13-41(3)14-16-42/h6-9,12,19,21-22,25-26,29-30,33,38-40H,5,10-11,13-18,20,37H2,1-4H3/b31-12+. The van der Waals surface area contributed by atoms with Gasteiger partial charge in [-0.1, -0.05) is 29.9 Å². The minimum atomic E-state index is -4.25. The zero-order chi connectivity index (χ0) is 33.9. The van der Waals surface area contributed by atoms with Crippen LogP contribution >= 0.6 is 0 Å². The third-order valence-electron chi connectivity index (χ3n) is 10.0. The Labute approximate surface area is 277 Å². The van der Waals surface area contributed by atoms with E-state index in [9.17, 15) is 22.0 Å². The molecule has 1 amide bonds. The van der Waals surface area contributed by atoms with Crippen molar-refractivity contribution in [2.45, 2.75) is 76.6 Å². The molecule has 0 bridgehead atoms. The van der Waals surface area contributed by atoms with E-state index in [-0.39, 0.29) is 24.3 Å². The second-order valence-corrected chi connectivity index (χ2v) is 15.2. The van der Waals surface area contributed by atoms with Gasteiger partial charge >= 0.3 is 0 Å². The molecule has 0 spiro atoms. The molecule has 1 aromatic carbocycles. The van der Waals surface area contributed by atoms with Gasteiger partial charge in [0.05, 0.1) is 10.9 Å². The molecule has 2 fully saturated rings. The zero-order valence-electron chi connectivity index (χ0n) is 27.8. The third-order valence-corrected chi connectivity index (χ3v) is 11.7. The summed E-state index contributed by atoms with van der Waals surface area (Å²) < 4.78 is 62.5. The van der Waals surface area contributed by atoms with Crippen LogP contribution in [0, 0.1) is 11.8 Å². The SMILES string of the molecule is COC1NCC(C2CCC3NC(N)=C(c4ccc(C(=O)N5CCN(C)CC5)cc4)CC3C2)=CC1NS(=O)(=O)/C(=C/CC(C)F)C(C)F. The second-order valence-electron chi connectivity index (χ2n) is 13.5. The van der Waals surface area contributed by atoms with Crippen molar-refractivity contribution in [3.63, 3.8) is 0 Å².